The summed E-state index contributed by atoms with van der Waals surface area (Å²) < 4.78 is 0. The Kier molecular flexibility index (Phi) is 4.54. The largest absolute Gasteiger partial charge is 0.107 e. The molecule has 22 heavy (non-hydrogen) atoms. The minimum Gasteiger partial charge on any atom is -0.107 e. The first kappa shape index (κ1) is 15.9. The van der Waals surface area contributed by atoms with Gasteiger partial charge in [0, 0.05) is 6.42 Å². The van der Waals surface area contributed by atoms with E-state index in [-0.39, 0.29) is 0 Å². The van der Waals surface area contributed by atoms with Gasteiger partial charge < -0.3 is 0 Å². The van der Waals surface area contributed by atoms with Crippen molar-refractivity contribution < 1.29 is 0 Å². The third-order valence-electron chi connectivity index (χ3n) is 7.04. The van der Waals surface area contributed by atoms with Crippen LogP contribution in [0.15, 0.2) is 23.8 Å². The monoisotopic (exact) mass is 296 g/mol. The van der Waals surface area contributed by atoms with Crippen molar-refractivity contribution in [2.45, 2.75) is 72.1 Å². The van der Waals surface area contributed by atoms with Crippen molar-refractivity contribution in [2.75, 3.05) is 0 Å². The molecule has 0 spiro atoms. The van der Waals surface area contributed by atoms with Gasteiger partial charge in [-0.2, -0.15) is 0 Å². The van der Waals surface area contributed by atoms with Crippen LogP contribution < -0.4 is 0 Å². The maximum absolute atomic E-state index is 4.21. The van der Waals surface area contributed by atoms with Crippen molar-refractivity contribution in [3.05, 3.63) is 23.8 Å². The first-order chi connectivity index (χ1) is 10.6. The molecule has 0 N–H and O–H groups in total. The van der Waals surface area contributed by atoms with Crippen LogP contribution in [0.5, 0.6) is 0 Å². The standard InChI is InChI=1S/C22H32/c1-5-7-13-22(4)14-12-19-18-10-8-16(3)15-17(18)9-11-20(19)21(22)6-2/h15,18-21H,3,6,8-14H2,1-2,4H3. The van der Waals surface area contributed by atoms with Crippen LogP contribution in [-0.4, -0.2) is 0 Å². The molecule has 0 saturated heterocycles. The number of hydrogen-bond donors (Lipinski definition) is 0. The van der Waals surface area contributed by atoms with E-state index < -0.39 is 0 Å². The molecule has 0 aromatic heterocycles. The minimum atomic E-state index is 0.457. The Morgan fingerprint density at radius 3 is 2.77 bits per heavy atom. The molecule has 3 aliphatic rings. The highest BCUT2D eigenvalue weighted by Gasteiger charge is 2.49. The van der Waals surface area contributed by atoms with Crippen molar-refractivity contribution >= 4 is 0 Å². The second-order valence-corrected chi connectivity index (χ2v) is 8.20. The first-order valence-corrected chi connectivity index (χ1v) is 9.37. The van der Waals surface area contributed by atoms with Crippen LogP contribution in [0, 0.1) is 40.9 Å². The van der Waals surface area contributed by atoms with Crippen molar-refractivity contribution in [3.8, 4) is 11.8 Å². The molecular formula is C22H32. The third kappa shape index (κ3) is 2.68. The lowest BCUT2D eigenvalue weighted by molar-refractivity contribution is -0.0200. The van der Waals surface area contributed by atoms with Gasteiger partial charge in [0.25, 0.3) is 0 Å². The van der Waals surface area contributed by atoms with Crippen molar-refractivity contribution in [2.24, 2.45) is 29.1 Å². The lowest BCUT2D eigenvalue weighted by atomic mass is 9.50. The smallest absolute Gasteiger partial charge is 0.0145 e. The van der Waals surface area contributed by atoms with Gasteiger partial charge in [0.1, 0.15) is 0 Å². The Hall–Kier alpha value is -0.960. The number of allylic oxidation sites excluding steroid dienone is 3. The molecule has 3 aliphatic carbocycles. The van der Waals surface area contributed by atoms with Gasteiger partial charge in [-0.1, -0.05) is 44.1 Å². The summed E-state index contributed by atoms with van der Waals surface area (Å²) in [4.78, 5) is 0. The predicted molar refractivity (Wildman–Crippen MR) is 95.4 cm³/mol. The summed E-state index contributed by atoms with van der Waals surface area (Å²) in [6, 6.07) is 0. The molecule has 0 aliphatic heterocycles. The summed E-state index contributed by atoms with van der Waals surface area (Å²) in [6.07, 6.45) is 13.0. The maximum atomic E-state index is 4.21. The van der Waals surface area contributed by atoms with Gasteiger partial charge in [-0.05, 0) is 74.5 Å². The summed E-state index contributed by atoms with van der Waals surface area (Å²) in [5.41, 5.74) is 3.57. The fraction of sp³-hybridized carbons (Fsp3) is 0.727. The molecule has 120 valence electrons. The highest BCUT2D eigenvalue weighted by molar-refractivity contribution is 5.29. The average Bonchev–Trinajstić information content (AvgIpc) is 2.52. The Morgan fingerprint density at radius 2 is 2.05 bits per heavy atom. The molecule has 2 fully saturated rings. The van der Waals surface area contributed by atoms with E-state index in [2.05, 4.69) is 38.3 Å². The van der Waals surface area contributed by atoms with Crippen LogP contribution >= 0.6 is 0 Å². The predicted octanol–water partition coefficient (Wildman–Crippen LogP) is 6.14. The van der Waals surface area contributed by atoms with Gasteiger partial charge >= 0.3 is 0 Å². The van der Waals surface area contributed by atoms with Gasteiger partial charge in [-0.25, -0.2) is 0 Å². The summed E-state index contributed by atoms with van der Waals surface area (Å²) in [6.45, 7) is 11.1. The summed E-state index contributed by atoms with van der Waals surface area (Å²) in [5, 5.41) is 0. The van der Waals surface area contributed by atoms with E-state index in [4.69, 9.17) is 0 Å². The molecule has 0 bridgehead atoms. The maximum Gasteiger partial charge on any atom is 0.0145 e. The zero-order valence-corrected chi connectivity index (χ0v) is 14.8. The van der Waals surface area contributed by atoms with E-state index in [0.29, 0.717) is 5.41 Å². The molecule has 0 heterocycles. The number of rotatable bonds is 2. The van der Waals surface area contributed by atoms with Crippen molar-refractivity contribution in [1.29, 1.82) is 0 Å². The molecule has 5 atom stereocenters. The van der Waals surface area contributed by atoms with Gasteiger partial charge in [0.2, 0.25) is 0 Å². The zero-order valence-electron chi connectivity index (χ0n) is 14.8. The van der Waals surface area contributed by atoms with E-state index in [1.807, 2.05) is 6.92 Å². The van der Waals surface area contributed by atoms with Gasteiger partial charge in [-0.3, -0.25) is 0 Å². The molecule has 0 radical (unpaired) electrons. The second-order valence-electron chi connectivity index (χ2n) is 8.20. The number of fused-ring (bicyclic) bond motifs is 3. The van der Waals surface area contributed by atoms with Gasteiger partial charge in [0.05, 0.1) is 0 Å². The second kappa shape index (κ2) is 6.27. The van der Waals surface area contributed by atoms with E-state index in [9.17, 15) is 0 Å². The molecular weight excluding hydrogens is 264 g/mol. The topological polar surface area (TPSA) is 0 Å². The molecule has 5 unspecified atom stereocenters. The van der Waals surface area contributed by atoms with Crippen LogP contribution in [0.1, 0.15) is 72.1 Å². The van der Waals surface area contributed by atoms with E-state index >= 15 is 0 Å². The Bertz CT molecular complexity index is 526. The molecule has 2 saturated carbocycles. The van der Waals surface area contributed by atoms with E-state index in [1.165, 1.54) is 50.5 Å². The molecule has 0 amide bonds. The molecule has 0 heteroatoms. The van der Waals surface area contributed by atoms with E-state index in [0.717, 1.165) is 30.1 Å². The molecule has 0 nitrogen and oxygen atoms in total. The van der Waals surface area contributed by atoms with Crippen LogP contribution in [-0.2, 0) is 0 Å². The Labute approximate surface area is 137 Å². The summed E-state index contributed by atoms with van der Waals surface area (Å²) in [5.74, 6) is 10.2. The average molecular weight is 296 g/mol. The Morgan fingerprint density at radius 1 is 1.23 bits per heavy atom. The molecule has 0 aromatic rings. The summed E-state index contributed by atoms with van der Waals surface area (Å²) in [7, 11) is 0. The normalized spacial score (nSPS) is 40.9. The Balaban J connectivity index is 1.84. The van der Waals surface area contributed by atoms with Crippen molar-refractivity contribution in [1.82, 2.24) is 0 Å². The third-order valence-corrected chi connectivity index (χ3v) is 7.04. The lowest BCUT2D eigenvalue weighted by Crippen LogP contribution is -2.46. The van der Waals surface area contributed by atoms with Crippen LogP contribution in [0.4, 0.5) is 0 Å². The summed E-state index contributed by atoms with van der Waals surface area (Å²) >= 11 is 0. The molecule has 0 aromatic carbocycles. The first-order valence-electron chi connectivity index (χ1n) is 9.37. The SMILES string of the molecule is C=C1C=C2CCC3C(CCC(C)(CC#CC)C3CC)C2CC1. The minimum absolute atomic E-state index is 0.457. The highest BCUT2D eigenvalue weighted by Crippen LogP contribution is 2.58. The van der Waals surface area contributed by atoms with Crippen LogP contribution in [0.3, 0.4) is 0 Å². The van der Waals surface area contributed by atoms with Gasteiger partial charge in [0.15, 0.2) is 0 Å². The van der Waals surface area contributed by atoms with Gasteiger partial charge in [-0.15, -0.1) is 11.8 Å². The fourth-order valence-corrected chi connectivity index (χ4v) is 5.98. The highest BCUT2D eigenvalue weighted by atomic mass is 14.5. The quantitative estimate of drug-likeness (QED) is 0.536. The van der Waals surface area contributed by atoms with Crippen LogP contribution in [0.25, 0.3) is 0 Å². The lowest BCUT2D eigenvalue weighted by Gasteiger charge is -2.54. The van der Waals surface area contributed by atoms with E-state index in [1.54, 1.807) is 5.57 Å². The van der Waals surface area contributed by atoms with Crippen molar-refractivity contribution in [3.63, 3.8) is 0 Å². The van der Waals surface area contributed by atoms with Crippen LogP contribution in [0.2, 0.25) is 0 Å². The zero-order chi connectivity index (χ0) is 15.7. The molecule has 3 rings (SSSR count). The fourth-order valence-electron chi connectivity index (χ4n) is 5.98. The number of hydrogen-bond acceptors (Lipinski definition) is 0.